The molecule has 0 bridgehead atoms. The Bertz CT molecular complexity index is 1050. The topological polar surface area (TPSA) is 25.2 Å². The van der Waals surface area contributed by atoms with Gasteiger partial charge in [-0.25, -0.2) is 4.98 Å². The van der Waals surface area contributed by atoms with Crippen molar-refractivity contribution in [1.82, 2.24) is 4.98 Å². The summed E-state index contributed by atoms with van der Waals surface area (Å²) in [6.45, 7) is 0. The van der Waals surface area contributed by atoms with Crippen molar-refractivity contribution in [2.75, 3.05) is 0 Å². The number of benzene rings is 3. The highest BCUT2D eigenvalue weighted by Gasteiger charge is 2.07. The summed E-state index contributed by atoms with van der Waals surface area (Å²) in [4.78, 5) is 9.02. The molecule has 0 aliphatic heterocycles. The Balaban J connectivity index is 2.26. The Morgan fingerprint density at radius 1 is 0.857 bits per heavy atom. The van der Waals surface area contributed by atoms with E-state index >= 15 is 0 Å². The molecule has 0 spiro atoms. The Hall–Kier alpha value is -2.61. The van der Waals surface area contributed by atoms with Crippen molar-refractivity contribution in [3.63, 3.8) is 0 Å². The molecule has 98 valence electrons. The van der Waals surface area contributed by atoms with Crippen molar-refractivity contribution >= 4 is 55.6 Å². The number of thiocarbonyl (C=S) groups is 1. The number of isothiocyanates is 1. The fourth-order valence-electron chi connectivity index (χ4n) is 2.74. The standard InChI is InChI=1S/C18H10N2S/c21-11-19-16-7-3-5-12-8-9-14-10-13-4-1-2-6-15(13)20-18(14)17(12)16/h1-10H. The number of hydrogen-bond acceptors (Lipinski definition) is 3. The molecule has 4 rings (SSSR count). The molecule has 0 radical (unpaired) electrons. The second-order valence-electron chi connectivity index (χ2n) is 4.90. The maximum atomic E-state index is 4.83. The molecule has 0 fully saturated rings. The number of hydrogen-bond donors (Lipinski definition) is 0. The highest BCUT2D eigenvalue weighted by Crippen LogP contribution is 2.33. The summed E-state index contributed by atoms with van der Waals surface area (Å²) in [7, 11) is 0. The van der Waals surface area contributed by atoms with E-state index in [0.29, 0.717) is 0 Å². The first-order valence-corrected chi connectivity index (χ1v) is 7.07. The molecule has 21 heavy (non-hydrogen) atoms. The molecule has 0 saturated carbocycles. The van der Waals surface area contributed by atoms with E-state index in [9.17, 15) is 0 Å². The molecule has 0 aliphatic rings. The lowest BCUT2D eigenvalue weighted by molar-refractivity contribution is 1.51. The molecule has 0 unspecified atom stereocenters. The van der Waals surface area contributed by atoms with Gasteiger partial charge in [0, 0.05) is 16.2 Å². The smallest absolute Gasteiger partial charge is 0.0839 e. The normalized spacial score (nSPS) is 10.9. The number of para-hydroxylation sites is 1. The average molecular weight is 286 g/mol. The molecular weight excluding hydrogens is 276 g/mol. The van der Waals surface area contributed by atoms with Crippen LogP contribution in [0, 0.1) is 0 Å². The lowest BCUT2D eigenvalue weighted by Gasteiger charge is -2.07. The van der Waals surface area contributed by atoms with E-state index in [4.69, 9.17) is 17.2 Å². The van der Waals surface area contributed by atoms with Crippen LogP contribution >= 0.6 is 12.2 Å². The van der Waals surface area contributed by atoms with Gasteiger partial charge in [0.05, 0.1) is 21.9 Å². The molecule has 4 aromatic rings. The summed E-state index contributed by atoms with van der Waals surface area (Å²) in [5.74, 6) is 0. The fraction of sp³-hybridized carbons (Fsp3) is 0. The molecule has 3 heteroatoms. The van der Waals surface area contributed by atoms with Crippen LogP contribution in [0.1, 0.15) is 0 Å². The lowest BCUT2D eigenvalue weighted by Crippen LogP contribution is -1.85. The highest BCUT2D eigenvalue weighted by atomic mass is 32.1. The Morgan fingerprint density at radius 3 is 2.57 bits per heavy atom. The van der Waals surface area contributed by atoms with Crippen molar-refractivity contribution in [2.45, 2.75) is 0 Å². The fourth-order valence-corrected chi connectivity index (χ4v) is 2.83. The van der Waals surface area contributed by atoms with Gasteiger partial charge in [0.15, 0.2) is 0 Å². The van der Waals surface area contributed by atoms with E-state index in [0.717, 1.165) is 38.3 Å². The third-order valence-corrected chi connectivity index (χ3v) is 3.76. The van der Waals surface area contributed by atoms with Crippen molar-refractivity contribution in [3.8, 4) is 0 Å². The first kappa shape index (κ1) is 12.2. The molecule has 0 amide bonds. The van der Waals surface area contributed by atoms with Gasteiger partial charge in [-0.05, 0) is 35.8 Å². The number of rotatable bonds is 1. The summed E-state index contributed by atoms with van der Waals surface area (Å²) in [5, 5.41) is 6.84. The first-order chi connectivity index (χ1) is 10.4. The van der Waals surface area contributed by atoms with Crippen LogP contribution in [-0.4, -0.2) is 10.1 Å². The predicted molar refractivity (Wildman–Crippen MR) is 91.4 cm³/mol. The van der Waals surface area contributed by atoms with Crippen LogP contribution in [0.4, 0.5) is 5.69 Å². The van der Waals surface area contributed by atoms with Gasteiger partial charge in [0.1, 0.15) is 0 Å². The van der Waals surface area contributed by atoms with E-state index < -0.39 is 0 Å². The van der Waals surface area contributed by atoms with Crippen LogP contribution in [0.15, 0.2) is 65.7 Å². The third-order valence-electron chi connectivity index (χ3n) is 3.67. The summed E-state index contributed by atoms with van der Waals surface area (Å²) < 4.78 is 0. The Morgan fingerprint density at radius 2 is 1.67 bits per heavy atom. The van der Waals surface area contributed by atoms with E-state index in [1.54, 1.807) is 0 Å². The number of pyridine rings is 1. The van der Waals surface area contributed by atoms with Gasteiger partial charge >= 0.3 is 0 Å². The zero-order valence-corrected chi connectivity index (χ0v) is 11.9. The van der Waals surface area contributed by atoms with E-state index in [-0.39, 0.29) is 0 Å². The largest absolute Gasteiger partial charge is 0.247 e. The van der Waals surface area contributed by atoms with Gasteiger partial charge in [-0.1, -0.05) is 42.5 Å². The zero-order chi connectivity index (χ0) is 14.2. The minimum absolute atomic E-state index is 0.816. The van der Waals surface area contributed by atoms with Crippen molar-refractivity contribution in [2.24, 2.45) is 4.99 Å². The molecule has 1 aromatic heterocycles. The molecule has 1 heterocycles. The van der Waals surface area contributed by atoms with Crippen LogP contribution in [0.25, 0.3) is 32.6 Å². The average Bonchev–Trinajstić information content (AvgIpc) is 2.53. The van der Waals surface area contributed by atoms with Gasteiger partial charge < -0.3 is 0 Å². The summed E-state index contributed by atoms with van der Waals surface area (Å²) in [6, 6.07) is 20.5. The number of fused-ring (bicyclic) bond motifs is 4. The summed E-state index contributed by atoms with van der Waals surface area (Å²) in [6.07, 6.45) is 0. The summed E-state index contributed by atoms with van der Waals surface area (Å²) in [5.41, 5.74) is 2.75. The predicted octanol–water partition coefficient (Wildman–Crippen LogP) is 5.28. The minimum Gasteiger partial charge on any atom is -0.247 e. The number of aliphatic imine (C=N–C) groups is 1. The van der Waals surface area contributed by atoms with E-state index in [1.165, 1.54) is 0 Å². The Labute approximate surface area is 126 Å². The minimum atomic E-state index is 0.816. The van der Waals surface area contributed by atoms with Gasteiger partial charge in [0.25, 0.3) is 0 Å². The third kappa shape index (κ3) is 1.91. The van der Waals surface area contributed by atoms with Gasteiger partial charge in [0.2, 0.25) is 0 Å². The van der Waals surface area contributed by atoms with Crippen LogP contribution in [0.2, 0.25) is 0 Å². The molecular formula is C18H10N2S. The molecule has 0 saturated heterocycles. The van der Waals surface area contributed by atoms with E-state index in [1.807, 2.05) is 30.3 Å². The Kier molecular flexibility index (Phi) is 2.74. The number of nitrogens with zero attached hydrogens (tertiary/aromatic N) is 2. The van der Waals surface area contributed by atoms with Crippen molar-refractivity contribution < 1.29 is 0 Å². The van der Waals surface area contributed by atoms with E-state index in [2.05, 4.69) is 40.5 Å². The summed E-state index contributed by atoms with van der Waals surface area (Å²) >= 11 is 4.76. The molecule has 0 aliphatic carbocycles. The van der Waals surface area contributed by atoms with Crippen LogP contribution in [-0.2, 0) is 0 Å². The van der Waals surface area contributed by atoms with Gasteiger partial charge in [-0.2, -0.15) is 4.99 Å². The van der Waals surface area contributed by atoms with Crippen LogP contribution in [0.5, 0.6) is 0 Å². The maximum Gasteiger partial charge on any atom is 0.0839 e. The van der Waals surface area contributed by atoms with Crippen LogP contribution < -0.4 is 0 Å². The van der Waals surface area contributed by atoms with Gasteiger partial charge in [-0.3, -0.25) is 0 Å². The second kappa shape index (κ2) is 4.74. The molecule has 2 nitrogen and oxygen atoms in total. The molecule has 3 aromatic carbocycles. The van der Waals surface area contributed by atoms with Crippen molar-refractivity contribution in [1.29, 1.82) is 0 Å². The molecule has 0 atom stereocenters. The zero-order valence-electron chi connectivity index (χ0n) is 11.1. The molecule has 0 N–H and O–H groups in total. The SMILES string of the molecule is S=C=Nc1cccc2ccc3cc4ccccc4nc3c12. The monoisotopic (exact) mass is 286 g/mol. The first-order valence-electron chi connectivity index (χ1n) is 6.66. The lowest BCUT2D eigenvalue weighted by atomic mass is 10.0. The quantitative estimate of drug-likeness (QED) is 0.206. The van der Waals surface area contributed by atoms with Crippen molar-refractivity contribution in [3.05, 3.63) is 60.7 Å². The second-order valence-corrected chi connectivity index (χ2v) is 5.08. The van der Waals surface area contributed by atoms with Crippen LogP contribution in [0.3, 0.4) is 0 Å². The van der Waals surface area contributed by atoms with Gasteiger partial charge in [-0.15, -0.1) is 0 Å². The highest BCUT2D eigenvalue weighted by molar-refractivity contribution is 7.78. The maximum absolute atomic E-state index is 4.83. The number of aromatic nitrogens is 1.